The molecule has 1 rings (SSSR count). The Bertz CT molecular complexity index is 244. The lowest BCUT2D eigenvalue weighted by Gasteiger charge is -2.35. The summed E-state index contributed by atoms with van der Waals surface area (Å²) in [6, 6.07) is 0. The van der Waals surface area contributed by atoms with Crippen molar-refractivity contribution in [3.05, 3.63) is 0 Å². The van der Waals surface area contributed by atoms with Crippen LogP contribution >= 0.6 is 0 Å². The van der Waals surface area contributed by atoms with Crippen LogP contribution in [0.4, 0.5) is 0 Å². The summed E-state index contributed by atoms with van der Waals surface area (Å²) < 4.78 is 0. The molecule has 0 aliphatic heterocycles. The van der Waals surface area contributed by atoms with Gasteiger partial charge in [-0.3, -0.25) is 0 Å². The van der Waals surface area contributed by atoms with Gasteiger partial charge in [-0.25, -0.2) is 0 Å². The van der Waals surface area contributed by atoms with Crippen molar-refractivity contribution in [3.8, 4) is 0 Å². The van der Waals surface area contributed by atoms with Crippen LogP contribution in [0.15, 0.2) is 0 Å². The Morgan fingerprint density at radius 2 is 1.75 bits per heavy atom. The third kappa shape index (κ3) is 7.14. The molecule has 0 spiro atoms. The molecule has 0 aromatic carbocycles. The van der Waals surface area contributed by atoms with E-state index in [4.69, 9.17) is 0 Å². The highest BCUT2D eigenvalue weighted by Crippen LogP contribution is 2.42. The highest BCUT2D eigenvalue weighted by atomic mass is 14.3. The van der Waals surface area contributed by atoms with Gasteiger partial charge >= 0.3 is 0 Å². The maximum atomic E-state index is 2.60. The Kier molecular flexibility index (Phi) is 8.22. The third-order valence-corrected chi connectivity index (χ3v) is 5.62. The fourth-order valence-corrected chi connectivity index (χ4v) is 4.47. The summed E-state index contributed by atoms with van der Waals surface area (Å²) in [6.07, 6.45) is 15.9. The van der Waals surface area contributed by atoms with E-state index in [1.807, 2.05) is 0 Å². The van der Waals surface area contributed by atoms with Gasteiger partial charge in [0.15, 0.2) is 0 Å². The normalized spacial score (nSPS) is 34.0. The van der Waals surface area contributed by atoms with E-state index in [0.29, 0.717) is 5.41 Å². The monoisotopic (exact) mass is 280 g/mol. The number of hydrogen-bond donors (Lipinski definition) is 0. The van der Waals surface area contributed by atoms with Crippen molar-refractivity contribution in [2.24, 2.45) is 23.2 Å². The number of unbranched alkanes of at least 4 members (excludes halogenated alkanes) is 2. The van der Waals surface area contributed by atoms with E-state index in [1.165, 1.54) is 70.6 Å². The Hall–Kier alpha value is 0. The second-order valence-corrected chi connectivity index (χ2v) is 8.50. The SMILES string of the molecule is CCCCCC(C)CC1(C)CCC(C)CCCC(C)C1. The predicted molar refractivity (Wildman–Crippen MR) is 92.1 cm³/mol. The zero-order chi connectivity index (χ0) is 15.0. The molecule has 4 atom stereocenters. The average Bonchev–Trinajstić information content (AvgIpc) is 2.41. The van der Waals surface area contributed by atoms with Crippen LogP contribution < -0.4 is 0 Å². The largest absolute Gasteiger partial charge is 0.0654 e. The average molecular weight is 281 g/mol. The molecule has 0 amide bonds. The Labute approximate surface area is 129 Å². The molecule has 0 heteroatoms. The molecular weight excluding hydrogens is 240 g/mol. The first-order valence-electron chi connectivity index (χ1n) is 9.45. The van der Waals surface area contributed by atoms with Gasteiger partial charge in [0.05, 0.1) is 0 Å². The molecule has 0 aromatic heterocycles. The zero-order valence-corrected chi connectivity index (χ0v) is 15.0. The Morgan fingerprint density at radius 3 is 2.45 bits per heavy atom. The smallest absolute Gasteiger partial charge is 0.0321 e. The van der Waals surface area contributed by atoms with Crippen LogP contribution in [-0.2, 0) is 0 Å². The first-order valence-corrected chi connectivity index (χ1v) is 9.45. The fraction of sp³-hybridized carbons (Fsp3) is 1.00. The van der Waals surface area contributed by atoms with Crippen LogP contribution in [-0.4, -0.2) is 0 Å². The van der Waals surface area contributed by atoms with Gasteiger partial charge in [-0.15, -0.1) is 0 Å². The summed E-state index contributed by atoms with van der Waals surface area (Å²) in [7, 11) is 0. The lowest BCUT2D eigenvalue weighted by Crippen LogP contribution is -2.23. The van der Waals surface area contributed by atoms with Crippen LogP contribution in [0.3, 0.4) is 0 Å². The second kappa shape index (κ2) is 9.11. The van der Waals surface area contributed by atoms with E-state index in [2.05, 4.69) is 34.6 Å². The van der Waals surface area contributed by atoms with Crippen molar-refractivity contribution in [1.29, 1.82) is 0 Å². The van der Waals surface area contributed by atoms with Crippen LogP contribution in [0.5, 0.6) is 0 Å². The van der Waals surface area contributed by atoms with Crippen LogP contribution in [0, 0.1) is 23.2 Å². The minimum Gasteiger partial charge on any atom is -0.0654 e. The van der Waals surface area contributed by atoms with Gasteiger partial charge in [-0.2, -0.15) is 0 Å². The first-order chi connectivity index (χ1) is 9.45. The van der Waals surface area contributed by atoms with Crippen molar-refractivity contribution < 1.29 is 0 Å². The van der Waals surface area contributed by atoms with Gasteiger partial charge in [0.1, 0.15) is 0 Å². The first kappa shape index (κ1) is 18.1. The minimum atomic E-state index is 0.615. The van der Waals surface area contributed by atoms with Gasteiger partial charge in [0.2, 0.25) is 0 Å². The van der Waals surface area contributed by atoms with E-state index < -0.39 is 0 Å². The summed E-state index contributed by atoms with van der Waals surface area (Å²) >= 11 is 0. The molecule has 20 heavy (non-hydrogen) atoms. The maximum Gasteiger partial charge on any atom is -0.0321 e. The van der Waals surface area contributed by atoms with Crippen molar-refractivity contribution in [2.75, 3.05) is 0 Å². The molecule has 1 aliphatic rings. The van der Waals surface area contributed by atoms with E-state index >= 15 is 0 Å². The minimum absolute atomic E-state index is 0.615. The molecule has 1 saturated carbocycles. The summed E-state index contributed by atoms with van der Waals surface area (Å²) in [5, 5.41) is 0. The quantitative estimate of drug-likeness (QED) is 0.450. The number of hydrogen-bond acceptors (Lipinski definition) is 0. The van der Waals surface area contributed by atoms with Gasteiger partial charge < -0.3 is 0 Å². The van der Waals surface area contributed by atoms with Gasteiger partial charge in [-0.05, 0) is 42.4 Å². The van der Waals surface area contributed by atoms with Crippen LogP contribution in [0.25, 0.3) is 0 Å². The molecule has 0 saturated heterocycles. The van der Waals surface area contributed by atoms with E-state index in [0.717, 1.165) is 17.8 Å². The predicted octanol–water partition coefficient (Wildman–Crippen LogP) is 7.23. The van der Waals surface area contributed by atoms with E-state index in [-0.39, 0.29) is 0 Å². The highest BCUT2D eigenvalue weighted by Gasteiger charge is 2.29. The highest BCUT2D eigenvalue weighted by molar-refractivity contribution is 4.81. The molecule has 0 bridgehead atoms. The van der Waals surface area contributed by atoms with Crippen molar-refractivity contribution in [3.63, 3.8) is 0 Å². The molecule has 0 nitrogen and oxygen atoms in total. The molecular formula is C20H40. The molecule has 0 N–H and O–H groups in total. The summed E-state index contributed by atoms with van der Waals surface area (Å²) in [5.74, 6) is 2.82. The molecule has 0 radical (unpaired) electrons. The lowest BCUT2D eigenvalue weighted by atomic mass is 9.71. The molecule has 4 unspecified atom stereocenters. The maximum absolute atomic E-state index is 2.60. The lowest BCUT2D eigenvalue weighted by molar-refractivity contribution is 0.166. The summed E-state index contributed by atoms with van der Waals surface area (Å²) in [4.78, 5) is 0. The standard InChI is InChI=1S/C20H40/c1-6-7-8-10-18(3)15-20(5)14-13-17(2)11-9-12-19(4)16-20/h17-19H,6-16H2,1-5H3. The topological polar surface area (TPSA) is 0 Å². The van der Waals surface area contributed by atoms with E-state index in [1.54, 1.807) is 0 Å². The molecule has 0 heterocycles. The van der Waals surface area contributed by atoms with Gasteiger partial charge in [0, 0.05) is 0 Å². The van der Waals surface area contributed by atoms with Crippen LogP contribution in [0.2, 0.25) is 0 Å². The van der Waals surface area contributed by atoms with Gasteiger partial charge in [0.25, 0.3) is 0 Å². The second-order valence-electron chi connectivity index (χ2n) is 8.50. The van der Waals surface area contributed by atoms with Gasteiger partial charge in [-0.1, -0.05) is 86.0 Å². The van der Waals surface area contributed by atoms with E-state index in [9.17, 15) is 0 Å². The fourth-order valence-electron chi connectivity index (χ4n) is 4.47. The molecule has 1 aliphatic carbocycles. The summed E-state index contributed by atoms with van der Waals surface area (Å²) in [6.45, 7) is 12.4. The zero-order valence-electron chi connectivity index (χ0n) is 15.0. The third-order valence-electron chi connectivity index (χ3n) is 5.62. The molecule has 0 aromatic rings. The Morgan fingerprint density at radius 1 is 1.05 bits per heavy atom. The van der Waals surface area contributed by atoms with Crippen molar-refractivity contribution in [2.45, 2.75) is 105 Å². The van der Waals surface area contributed by atoms with Crippen molar-refractivity contribution >= 4 is 0 Å². The van der Waals surface area contributed by atoms with Crippen LogP contribution in [0.1, 0.15) is 105 Å². The Balaban J connectivity index is 2.51. The summed E-state index contributed by atoms with van der Waals surface area (Å²) in [5.41, 5.74) is 0.615. The molecule has 120 valence electrons. The van der Waals surface area contributed by atoms with Crippen molar-refractivity contribution in [1.82, 2.24) is 0 Å². The number of rotatable bonds is 6. The molecule has 1 fully saturated rings.